The van der Waals surface area contributed by atoms with Crippen molar-refractivity contribution >= 4 is 27.9 Å². The summed E-state index contributed by atoms with van der Waals surface area (Å²) in [6.07, 6.45) is 1.68. The summed E-state index contributed by atoms with van der Waals surface area (Å²) in [4.78, 5) is 34.6. The van der Waals surface area contributed by atoms with E-state index in [-0.39, 0.29) is 24.6 Å². The standard InChI is InChI=1S/C17H18FN7O2S/c18-13-14(24-5-3-20-4-6-24)22-17-25(16(13)27)23-15(28-17)10-1-2-21-11(7-10)8-12(26)9-19/h1-2,7,20H,3-6,8-9,19H2. The van der Waals surface area contributed by atoms with E-state index >= 15 is 0 Å². The largest absolute Gasteiger partial charge is 0.351 e. The first-order valence-corrected chi connectivity index (χ1v) is 9.60. The van der Waals surface area contributed by atoms with Gasteiger partial charge in [0.25, 0.3) is 0 Å². The number of nitrogens with two attached hydrogens (primary N) is 1. The van der Waals surface area contributed by atoms with Crippen LogP contribution in [0.1, 0.15) is 5.69 Å². The van der Waals surface area contributed by atoms with Gasteiger partial charge in [-0.15, -0.1) is 0 Å². The van der Waals surface area contributed by atoms with Crippen LogP contribution in [0.2, 0.25) is 0 Å². The van der Waals surface area contributed by atoms with Gasteiger partial charge in [0.1, 0.15) is 5.01 Å². The third kappa shape index (κ3) is 3.51. The van der Waals surface area contributed by atoms with Crippen LogP contribution in [0.3, 0.4) is 0 Å². The van der Waals surface area contributed by atoms with Crippen LogP contribution in [0.4, 0.5) is 10.2 Å². The fraction of sp³-hybridized carbons (Fsp3) is 0.353. The number of anilines is 1. The topological polar surface area (TPSA) is 119 Å². The van der Waals surface area contributed by atoms with Gasteiger partial charge in [-0.1, -0.05) is 11.3 Å². The summed E-state index contributed by atoms with van der Waals surface area (Å²) in [5, 5.41) is 7.89. The predicted octanol–water partition coefficient (Wildman–Crippen LogP) is -0.168. The zero-order valence-electron chi connectivity index (χ0n) is 14.9. The first-order chi connectivity index (χ1) is 13.6. The smallest absolute Gasteiger partial charge is 0.313 e. The maximum absolute atomic E-state index is 14.6. The lowest BCUT2D eigenvalue weighted by Gasteiger charge is -2.28. The first kappa shape index (κ1) is 18.6. The maximum Gasteiger partial charge on any atom is 0.313 e. The van der Waals surface area contributed by atoms with Crippen LogP contribution in [-0.4, -0.2) is 58.1 Å². The molecule has 1 fully saturated rings. The summed E-state index contributed by atoms with van der Waals surface area (Å²) in [6.45, 7) is 2.51. The number of carbonyl (C=O) groups is 1. The number of carbonyl (C=O) groups excluding carboxylic acids is 1. The molecular weight excluding hydrogens is 385 g/mol. The van der Waals surface area contributed by atoms with E-state index in [0.717, 1.165) is 4.52 Å². The van der Waals surface area contributed by atoms with Crippen molar-refractivity contribution in [3.8, 4) is 10.6 Å². The quantitative estimate of drug-likeness (QED) is 0.603. The Morgan fingerprint density at radius 2 is 2.14 bits per heavy atom. The Kier molecular flexibility index (Phi) is 5.11. The molecule has 9 nitrogen and oxygen atoms in total. The van der Waals surface area contributed by atoms with Crippen LogP contribution in [0, 0.1) is 5.82 Å². The zero-order chi connectivity index (χ0) is 19.7. The van der Waals surface area contributed by atoms with E-state index < -0.39 is 11.4 Å². The summed E-state index contributed by atoms with van der Waals surface area (Å²) in [5.74, 6) is -0.972. The highest BCUT2D eigenvalue weighted by molar-refractivity contribution is 7.19. The number of nitrogens with zero attached hydrogens (tertiary/aromatic N) is 5. The number of pyridine rings is 1. The molecular formula is C17H18FN7O2S. The Morgan fingerprint density at radius 3 is 2.89 bits per heavy atom. The lowest BCUT2D eigenvalue weighted by atomic mass is 10.1. The normalized spacial score (nSPS) is 14.6. The van der Waals surface area contributed by atoms with Gasteiger partial charge in [-0.25, -0.2) is 0 Å². The second-order valence-electron chi connectivity index (χ2n) is 6.35. The summed E-state index contributed by atoms with van der Waals surface area (Å²) >= 11 is 1.18. The number of aromatic nitrogens is 4. The van der Waals surface area contributed by atoms with Gasteiger partial charge in [-0.3, -0.25) is 14.6 Å². The third-order valence-electron chi connectivity index (χ3n) is 4.42. The molecule has 1 saturated heterocycles. The first-order valence-electron chi connectivity index (χ1n) is 8.79. The van der Waals surface area contributed by atoms with E-state index in [2.05, 4.69) is 20.4 Å². The molecule has 0 aliphatic carbocycles. The number of ketones is 1. The van der Waals surface area contributed by atoms with Crippen molar-refractivity contribution in [1.29, 1.82) is 0 Å². The molecule has 28 heavy (non-hydrogen) atoms. The van der Waals surface area contributed by atoms with Gasteiger partial charge in [0.05, 0.1) is 13.0 Å². The van der Waals surface area contributed by atoms with Gasteiger partial charge in [0, 0.05) is 43.6 Å². The average Bonchev–Trinajstić information content (AvgIpc) is 3.16. The number of fused-ring (bicyclic) bond motifs is 1. The molecule has 0 unspecified atom stereocenters. The molecule has 3 N–H and O–H groups in total. The Hall–Kier alpha value is -2.76. The van der Waals surface area contributed by atoms with Gasteiger partial charge in [-0.05, 0) is 12.1 Å². The average molecular weight is 403 g/mol. The van der Waals surface area contributed by atoms with Crippen molar-refractivity contribution in [3.05, 3.63) is 40.2 Å². The highest BCUT2D eigenvalue weighted by Crippen LogP contribution is 2.26. The Balaban J connectivity index is 1.74. The Morgan fingerprint density at radius 1 is 1.36 bits per heavy atom. The van der Waals surface area contributed by atoms with E-state index in [1.54, 1.807) is 23.2 Å². The summed E-state index contributed by atoms with van der Waals surface area (Å²) < 4.78 is 15.6. The van der Waals surface area contributed by atoms with Gasteiger partial charge in [-0.2, -0.15) is 19.0 Å². The van der Waals surface area contributed by atoms with Crippen molar-refractivity contribution < 1.29 is 9.18 Å². The molecule has 1 aliphatic heterocycles. The van der Waals surface area contributed by atoms with Crippen molar-refractivity contribution in [3.63, 3.8) is 0 Å². The molecule has 1 aliphatic rings. The number of piperazine rings is 1. The van der Waals surface area contributed by atoms with E-state index in [4.69, 9.17) is 5.73 Å². The maximum atomic E-state index is 14.6. The molecule has 3 aromatic heterocycles. The Labute approximate surface area is 163 Å². The van der Waals surface area contributed by atoms with Gasteiger partial charge in [0.2, 0.25) is 10.8 Å². The number of halogens is 1. The fourth-order valence-electron chi connectivity index (χ4n) is 3.00. The number of Topliss-reactive ketones (excluding diaryl/α,β-unsaturated/α-hetero) is 1. The highest BCUT2D eigenvalue weighted by Gasteiger charge is 2.22. The van der Waals surface area contributed by atoms with Gasteiger partial charge < -0.3 is 16.0 Å². The van der Waals surface area contributed by atoms with Crippen LogP contribution in [-0.2, 0) is 11.2 Å². The van der Waals surface area contributed by atoms with Crippen LogP contribution in [0.5, 0.6) is 0 Å². The predicted molar refractivity (Wildman–Crippen MR) is 103 cm³/mol. The molecule has 0 spiro atoms. The SMILES string of the molecule is NCC(=O)Cc1cc(-c2nn3c(=O)c(F)c(N4CCNCC4)nc3s2)ccn1. The van der Waals surface area contributed by atoms with E-state index in [1.165, 1.54) is 11.3 Å². The fourth-order valence-corrected chi connectivity index (χ4v) is 3.88. The molecule has 146 valence electrons. The molecule has 0 radical (unpaired) electrons. The summed E-state index contributed by atoms with van der Waals surface area (Å²) in [6, 6.07) is 3.43. The lowest BCUT2D eigenvalue weighted by molar-refractivity contribution is -0.117. The molecule has 11 heteroatoms. The molecule has 4 heterocycles. The Bertz CT molecular complexity index is 1090. The summed E-state index contributed by atoms with van der Waals surface area (Å²) in [7, 11) is 0. The molecule has 0 bridgehead atoms. The second-order valence-corrected chi connectivity index (χ2v) is 7.30. The van der Waals surface area contributed by atoms with Crippen molar-refractivity contribution in [2.45, 2.75) is 6.42 Å². The lowest BCUT2D eigenvalue weighted by Crippen LogP contribution is -2.45. The number of nitrogens with one attached hydrogen (secondary N) is 1. The van der Waals surface area contributed by atoms with Crippen molar-refractivity contribution in [1.82, 2.24) is 24.9 Å². The molecule has 4 rings (SSSR count). The van der Waals surface area contributed by atoms with Crippen molar-refractivity contribution in [2.75, 3.05) is 37.6 Å². The molecule has 0 amide bonds. The van der Waals surface area contributed by atoms with Crippen LogP contribution < -0.4 is 21.5 Å². The minimum atomic E-state index is -0.903. The van der Waals surface area contributed by atoms with Gasteiger partial charge in [0.15, 0.2) is 11.6 Å². The van der Waals surface area contributed by atoms with Crippen molar-refractivity contribution in [2.24, 2.45) is 5.73 Å². The number of hydrogen-bond acceptors (Lipinski definition) is 9. The molecule has 0 saturated carbocycles. The number of rotatable bonds is 5. The molecule has 0 atom stereocenters. The second kappa shape index (κ2) is 7.70. The number of hydrogen-bond donors (Lipinski definition) is 2. The third-order valence-corrected chi connectivity index (χ3v) is 5.38. The van der Waals surface area contributed by atoms with Crippen LogP contribution in [0.25, 0.3) is 15.5 Å². The minimum absolute atomic E-state index is 0.0551. The monoisotopic (exact) mass is 403 g/mol. The zero-order valence-corrected chi connectivity index (χ0v) is 15.7. The highest BCUT2D eigenvalue weighted by atomic mass is 32.1. The van der Waals surface area contributed by atoms with Gasteiger partial charge >= 0.3 is 5.56 Å². The van der Waals surface area contributed by atoms with E-state index in [1.807, 2.05) is 0 Å². The molecule has 3 aromatic rings. The van der Waals surface area contributed by atoms with E-state index in [9.17, 15) is 14.0 Å². The van der Waals surface area contributed by atoms with Crippen LogP contribution in [0.15, 0.2) is 23.1 Å². The molecule has 0 aromatic carbocycles. The minimum Gasteiger partial charge on any atom is -0.351 e. The van der Waals surface area contributed by atoms with E-state index in [0.29, 0.717) is 47.4 Å². The summed E-state index contributed by atoms with van der Waals surface area (Å²) in [5.41, 5.74) is 5.75. The van der Waals surface area contributed by atoms with Crippen LogP contribution >= 0.6 is 11.3 Å².